The third kappa shape index (κ3) is 3.91. The Morgan fingerprint density at radius 2 is 1.83 bits per heavy atom. The standard InChI is InChI=1S/C20H28N4O5S/c1-15-13-21(10-11-23(15)20(26)27)14-19(25)24-9-6-16-4-5-17(12-18(16)24)30(28,29)22-7-2-3-8-22/h4-5,12,15H,2-3,6-11,13-14H2,1H3,(H,26,27)/t15-/m1/s1. The predicted octanol–water partition coefficient (Wildman–Crippen LogP) is 1.04. The molecule has 1 aromatic rings. The number of carboxylic acid groups (broad SMARTS) is 1. The number of carbonyl (C=O) groups excluding carboxylic acids is 1. The molecule has 1 aromatic carbocycles. The van der Waals surface area contributed by atoms with Crippen LogP contribution in [0.5, 0.6) is 0 Å². The average Bonchev–Trinajstić information content (AvgIpc) is 3.37. The molecule has 2 amide bonds. The lowest BCUT2D eigenvalue weighted by atomic mass is 10.2. The van der Waals surface area contributed by atoms with Crippen LogP contribution in [-0.2, 0) is 21.2 Å². The van der Waals surface area contributed by atoms with E-state index in [1.54, 1.807) is 17.0 Å². The highest BCUT2D eigenvalue weighted by atomic mass is 32.2. The number of anilines is 1. The summed E-state index contributed by atoms with van der Waals surface area (Å²) in [5.41, 5.74) is 1.66. The van der Waals surface area contributed by atoms with Gasteiger partial charge in [-0.25, -0.2) is 13.2 Å². The average molecular weight is 437 g/mol. The molecular weight excluding hydrogens is 408 g/mol. The first-order valence-electron chi connectivity index (χ1n) is 10.4. The summed E-state index contributed by atoms with van der Waals surface area (Å²) in [6.45, 7) is 5.04. The molecule has 164 valence electrons. The van der Waals surface area contributed by atoms with Crippen LogP contribution in [0.3, 0.4) is 0 Å². The number of piperazine rings is 1. The molecule has 0 aliphatic carbocycles. The molecule has 4 rings (SSSR count). The van der Waals surface area contributed by atoms with Crippen LogP contribution >= 0.6 is 0 Å². The van der Waals surface area contributed by atoms with Gasteiger partial charge in [-0.05, 0) is 43.9 Å². The normalized spacial score (nSPS) is 23.0. The maximum absolute atomic E-state index is 13.0. The van der Waals surface area contributed by atoms with Crippen LogP contribution in [0.15, 0.2) is 23.1 Å². The van der Waals surface area contributed by atoms with Gasteiger partial charge >= 0.3 is 6.09 Å². The van der Waals surface area contributed by atoms with Gasteiger partial charge in [-0.15, -0.1) is 0 Å². The van der Waals surface area contributed by atoms with E-state index in [1.165, 1.54) is 9.21 Å². The first-order valence-corrected chi connectivity index (χ1v) is 11.9. The van der Waals surface area contributed by atoms with E-state index < -0.39 is 16.1 Å². The summed E-state index contributed by atoms with van der Waals surface area (Å²) in [6.07, 6.45) is 1.52. The smallest absolute Gasteiger partial charge is 0.407 e. The molecule has 30 heavy (non-hydrogen) atoms. The minimum Gasteiger partial charge on any atom is -0.465 e. The van der Waals surface area contributed by atoms with Crippen molar-refractivity contribution >= 4 is 27.7 Å². The quantitative estimate of drug-likeness (QED) is 0.757. The van der Waals surface area contributed by atoms with Crippen LogP contribution in [0.4, 0.5) is 10.5 Å². The molecule has 9 nitrogen and oxygen atoms in total. The van der Waals surface area contributed by atoms with Crippen LogP contribution in [0, 0.1) is 0 Å². The lowest BCUT2D eigenvalue weighted by Crippen LogP contribution is -2.55. The fourth-order valence-electron chi connectivity index (χ4n) is 4.59. The SMILES string of the molecule is C[C@@H]1CN(CC(=O)N2CCc3ccc(S(=O)(=O)N4CCCC4)cc32)CCN1C(=O)O. The summed E-state index contributed by atoms with van der Waals surface area (Å²) < 4.78 is 27.3. The molecular formula is C20H28N4O5S. The molecule has 2 saturated heterocycles. The monoisotopic (exact) mass is 436 g/mol. The Hall–Kier alpha value is -2.17. The maximum Gasteiger partial charge on any atom is 0.407 e. The van der Waals surface area contributed by atoms with E-state index in [2.05, 4.69) is 0 Å². The summed E-state index contributed by atoms with van der Waals surface area (Å²) in [7, 11) is -3.53. The van der Waals surface area contributed by atoms with Crippen molar-refractivity contribution in [2.45, 2.75) is 37.1 Å². The van der Waals surface area contributed by atoms with Gasteiger partial charge in [0.15, 0.2) is 0 Å². The Morgan fingerprint density at radius 3 is 2.50 bits per heavy atom. The summed E-state index contributed by atoms with van der Waals surface area (Å²) >= 11 is 0. The van der Waals surface area contributed by atoms with E-state index in [4.69, 9.17) is 0 Å². The van der Waals surface area contributed by atoms with E-state index in [0.717, 1.165) is 18.4 Å². The van der Waals surface area contributed by atoms with Crippen molar-refractivity contribution in [3.8, 4) is 0 Å². The van der Waals surface area contributed by atoms with Gasteiger partial charge in [-0.2, -0.15) is 4.31 Å². The van der Waals surface area contributed by atoms with Crippen molar-refractivity contribution < 1.29 is 23.1 Å². The molecule has 10 heteroatoms. The molecule has 3 heterocycles. The molecule has 1 N–H and O–H groups in total. The van der Waals surface area contributed by atoms with Crippen molar-refractivity contribution in [2.24, 2.45) is 0 Å². The molecule has 1 atom stereocenters. The number of sulfonamides is 1. The highest BCUT2D eigenvalue weighted by molar-refractivity contribution is 7.89. The fourth-order valence-corrected chi connectivity index (χ4v) is 6.13. The Balaban J connectivity index is 1.47. The zero-order chi connectivity index (χ0) is 21.5. The highest BCUT2D eigenvalue weighted by Gasteiger charge is 2.33. The zero-order valence-electron chi connectivity index (χ0n) is 17.2. The van der Waals surface area contributed by atoms with Gasteiger partial charge in [-0.3, -0.25) is 9.69 Å². The van der Waals surface area contributed by atoms with Gasteiger partial charge in [-0.1, -0.05) is 6.07 Å². The van der Waals surface area contributed by atoms with Crippen LogP contribution < -0.4 is 4.90 Å². The first-order chi connectivity index (χ1) is 14.3. The minimum atomic E-state index is -3.53. The fraction of sp³-hybridized carbons (Fsp3) is 0.600. The molecule has 0 spiro atoms. The van der Waals surface area contributed by atoms with Crippen molar-refractivity contribution in [1.29, 1.82) is 0 Å². The van der Waals surface area contributed by atoms with Crippen molar-refractivity contribution in [3.05, 3.63) is 23.8 Å². The Labute approximate surface area is 176 Å². The van der Waals surface area contributed by atoms with Crippen LogP contribution in [-0.4, -0.2) is 91.5 Å². The summed E-state index contributed by atoms with van der Waals surface area (Å²) in [5.74, 6) is -0.0829. The van der Waals surface area contributed by atoms with Crippen LogP contribution in [0.1, 0.15) is 25.3 Å². The Kier molecular flexibility index (Phi) is 5.73. The number of hydrogen-bond acceptors (Lipinski definition) is 5. The van der Waals surface area contributed by atoms with Gasteiger partial charge in [0, 0.05) is 51.0 Å². The minimum absolute atomic E-state index is 0.0829. The largest absolute Gasteiger partial charge is 0.465 e. The maximum atomic E-state index is 13.0. The summed E-state index contributed by atoms with van der Waals surface area (Å²) in [4.78, 5) is 29.5. The number of carbonyl (C=O) groups is 2. The molecule has 3 aliphatic heterocycles. The molecule has 0 saturated carbocycles. The van der Waals surface area contributed by atoms with Gasteiger partial charge in [0.05, 0.1) is 11.4 Å². The van der Waals surface area contributed by atoms with E-state index in [-0.39, 0.29) is 23.4 Å². The molecule has 0 radical (unpaired) electrons. The van der Waals surface area contributed by atoms with Gasteiger partial charge in [0.1, 0.15) is 0 Å². The molecule has 2 fully saturated rings. The van der Waals surface area contributed by atoms with Crippen molar-refractivity contribution in [3.63, 3.8) is 0 Å². The molecule has 3 aliphatic rings. The lowest BCUT2D eigenvalue weighted by molar-refractivity contribution is -0.120. The lowest BCUT2D eigenvalue weighted by Gasteiger charge is -2.38. The second kappa shape index (κ2) is 8.16. The number of rotatable bonds is 4. The van der Waals surface area contributed by atoms with E-state index >= 15 is 0 Å². The molecule has 0 bridgehead atoms. The second-order valence-corrected chi connectivity index (χ2v) is 10.2. The first kappa shape index (κ1) is 21.1. The zero-order valence-corrected chi connectivity index (χ0v) is 18.0. The van der Waals surface area contributed by atoms with Gasteiger partial charge in [0.25, 0.3) is 0 Å². The highest BCUT2D eigenvalue weighted by Crippen LogP contribution is 2.32. The Bertz CT molecular complexity index is 945. The topological polar surface area (TPSA) is 101 Å². The van der Waals surface area contributed by atoms with E-state index in [9.17, 15) is 23.1 Å². The van der Waals surface area contributed by atoms with Crippen LogP contribution in [0.2, 0.25) is 0 Å². The predicted molar refractivity (Wildman–Crippen MR) is 111 cm³/mol. The Morgan fingerprint density at radius 1 is 1.10 bits per heavy atom. The number of fused-ring (bicyclic) bond motifs is 1. The van der Waals surface area contributed by atoms with Crippen molar-refractivity contribution in [2.75, 3.05) is 50.7 Å². The van der Waals surface area contributed by atoms with E-state index in [1.807, 2.05) is 17.9 Å². The third-order valence-electron chi connectivity index (χ3n) is 6.27. The third-order valence-corrected chi connectivity index (χ3v) is 8.17. The van der Waals surface area contributed by atoms with Gasteiger partial charge in [0.2, 0.25) is 15.9 Å². The number of amides is 2. The number of nitrogens with zero attached hydrogens (tertiary/aromatic N) is 4. The summed E-state index contributed by atoms with van der Waals surface area (Å²) in [5, 5.41) is 9.21. The number of benzene rings is 1. The van der Waals surface area contributed by atoms with Crippen molar-refractivity contribution in [1.82, 2.24) is 14.1 Å². The molecule has 0 aromatic heterocycles. The molecule has 0 unspecified atom stereocenters. The second-order valence-electron chi connectivity index (χ2n) is 8.26. The number of hydrogen-bond donors (Lipinski definition) is 1. The summed E-state index contributed by atoms with van der Waals surface area (Å²) in [6, 6.07) is 4.93. The van der Waals surface area contributed by atoms with E-state index in [0.29, 0.717) is 51.4 Å². The van der Waals surface area contributed by atoms with Crippen LogP contribution in [0.25, 0.3) is 0 Å². The van der Waals surface area contributed by atoms with Gasteiger partial charge < -0.3 is 14.9 Å².